The summed E-state index contributed by atoms with van der Waals surface area (Å²) in [5.41, 5.74) is 1.61. The molecule has 1 atom stereocenters. The molecule has 0 aliphatic carbocycles. The van der Waals surface area contributed by atoms with Gasteiger partial charge in [0.25, 0.3) is 10.0 Å². The average molecular weight is 329 g/mol. The second-order valence-electron chi connectivity index (χ2n) is 5.04. The van der Waals surface area contributed by atoms with Crippen molar-refractivity contribution in [3.63, 3.8) is 0 Å². The fraction of sp³-hybridized carbons (Fsp3) is 0.429. The van der Waals surface area contributed by atoms with Gasteiger partial charge in [-0.1, -0.05) is 0 Å². The number of furan rings is 1. The highest BCUT2D eigenvalue weighted by Gasteiger charge is 2.23. The maximum atomic E-state index is 12.4. The third kappa shape index (κ3) is 3.37. The summed E-state index contributed by atoms with van der Waals surface area (Å²) in [4.78, 5) is 0.665. The van der Waals surface area contributed by atoms with Gasteiger partial charge in [-0.15, -0.1) is 11.3 Å². The molecule has 2 heterocycles. The molecule has 0 saturated carbocycles. The molecule has 0 spiro atoms. The minimum atomic E-state index is -3.61. The van der Waals surface area contributed by atoms with Gasteiger partial charge >= 0.3 is 0 Å². The molecular formula is C14H19NO4S2. The van der Waals surface area contributed by atoms with Gasteiger partial charge in [0.15, 0.2) is 0 Å². The van der Waals surface area contributed by atoms with E-state index in [1.165, 1.54) is 0 Å². The van der Waals surface area contributed by atoms with Gasteiger partial charge in [0, 0.05) is 16.5 Å². The van der Waals surface area contributed by atoms with Crippen molar-refractivity contribution >= 4 is 21.4 Å². The van der Waals surface area contributed by atoms with Crippen molar-refractivity contribution in [3.05, 3.63) is 39.7 Å². The molecular weight excluding hydrogens is 310 g/mol. The van der Waals surface area contributed by atoms with Gasteiger partial charge in [-0.25, -0.2) is 13.1 Å². The Hall–Kier alpha value is -1.15. The third-order valence-corrected chi connectivity index (χ3v) is 6.52. The first-order chi connectivity index (χ1) is 9.74. The number of thiophene rings is 1. The number of sulfonamides is 1. The van der Waals surface area contributed by atoms with E-state index in [1.54, 1.807) is 19.9 Å². The first-order valence-electron chi connectivity index (χ1n) is 6.54. The van der Waals surface area contributed by atoms with E-state index >= 15 is 0 Å². The van der Waals surface area contributed by atoms with Crippen molar-refractivity contribution in [1.29, 1.82) is 0 Å². The molecule has 0 aliphatic rings. The number of nitrogens with one attached hydrogen (secondary N) is 1. The Labute approximate surface area is 128 Å². The lowest BCUT2D eigenvalue weighted by atomic mass is 10.1. The quantitative estimate of drug-likeness (QED) is 0.884. The summed E-state index contributed by atoms with van der Waals surface area (Å²) < 4.78 is 33.1. The highest BCUT2D eigenvalue weighted by atomic mass is 32.2. The van der Waals surface area contributed by atoms with E-state index in [0.29, 0.717) is 10.6 Å². The van der Waals surface area contributed by atoms with Crippen LogP contribution in [0.1, 0.15) is 40.5 Å². The SMILES string of the molecule is Cc1cc(C(C)NS(=O)(=O)c2cc(C)c(CO)s2)c(C)o1. The molecule has 5 nitrogen and oxygen atoms in total. The molecule has 2 N–H and O–H groups in total. The summed E-state index contributed by atoms with van der Waals surface area (Å²) in [5.74, 6) is 1.46. The molecule has 0 amide bonds. The lowest BCUT2D eigenvalue weighted by molar-refractivity contribution is 0.285. The van der Waals surface area contributed by atoms with E-state index in [4.69, 9.17) is 4.42 Å². The Morgan fingerprint density at radius 2 is 2.00 bits per heavy atom. The molecule has 2 rings (SSSR count). The Bertz CT molecular complexity index is 743. The summed E-state index contributed by atoms with van der Waals surface area (Å²) in [7, 11) is -3.61. The van der Waals surface area contributed by atoms with Crippen molar-refractivity contribution < 1.29 is 17.9 Å². The number of hydrogen-bond donors (Lipinski definition) is 2. The number of hydrogen-bond acceptors (Lipinski definition) is 5. The number of aliphatic hydroxyl groups is 1. The molecule has 2 aromatic heterocycles. The second-order valence-corrected chi connectivity index (χ2v) is 8.12. The van der Waals surface area contributed by atoms with Gasteiger partial charge in [-0.05, 0) is 45.4 Å². The molecule has 2 aromatic rings. The van der Waals surface area contributed by atoms with Crippen LogP contribution in [0.3, 0.4) is 0 Å². The van der Waals surface area contributed by atoms with Gasteiger partial charge in [0.05, 0.1) is 6.61 Å². The van der Waals surface area contributed by atoms with E-state index in [1.807, 2.05) is 19.9 Å². The third-order valence-electron chi connectivity index (χ3n) is 3.28. The van der Waals surface area contributed by atoms with Crippen LogP contribution >= 0.6 is 11.3 Å². The predicted octanol–water partition coefficient (Wildman–Crippen LogP) is 2.80. The summed E-state index contributed by atoms with van der Waals surface area (Å²) in [6, 6.07) is 3.03. The standard InChI is InChI=1S/C14H19NO4S2/c1-8-5-14(20-13(8)7-16)21(17,18)15-10(3)12-6-9(2)19-11(12)4/h5-6,10,15-16H,7H2,1-4H3. The van der Waals surface area contributed by atoms with Gasteiger partial charge < -0.3 is 9.52 Å². The van der Waals surface area contributed by atoms with Crippen LogP contribution in [0.5, 0.6) is 0 Å². The van der Waals surface area contributed by atoms with Gasteiger partial charge in [-0.2, -0.15) is 0 Å². The Kier molecular flexibility index (Phi) is 4.57. The number of aryl methyl sites for hydroxylation is 3. The van der Waals surface area contributed by atoms with Crippen LogP contribution < -0.4 is 4.72 Å². The van der Waals surface area contributed by atoms with E-state index in [-0.39, 0.29) is 16.9 Å². The van der Waals surface area contributed by atoms with Crippen LogP contribution in [0.4, 0.5) is 0 Å². The average Bonchev–Trinajstić information content (AvgIpc) is 2.91. The maximum absolute atomic E-state index is 12.4. The number of rotatable bonds is 5. The van der Waals surface area contributed by atoms with Crippen molar-refractivity contribution in [3.8, 4) is 0 Å². The topological polar surface area (TPSA) is 79.5 Å². The molecule has 0 aromatic carbocycles. The summed E-state index contributed by atoms with van der Waals surface area (Å²) in [5, 5.41) is 9.18. The van der Waals surface area contributed by atoms with Crippen LogP contribution in [0, 0.1) is 20.8 Å². The van der Waals surface area contributed by atoms with Crippen LogP contribution in [-0.2, 0) is 16.6 Å². The molecule has 0 fully saturated rings. The molecule has 1 unspecified atom stereocenters. The van der Waals surface area contributed by atoms with E-state index < -0.39 is 10.0 Å². The maximum Gasteiger partial charge on any atom is 0.250 e. The highest BCUT2D eigenvalue weighted by Crippen LogP contribution is 2.28. The minimum absolute atomic E-state index is 0.151. The largest absolute Gasteiger partial charge is 0.466 e. The first kappa shape index (κ1) is 16.2. The van der Waals surface area contributed by atoms with Crippen molar-refractivity contribution in [2.24, 2.45) is 0 Å². The summed E-state index contributed by atoms with van der Waals surface area (Å²) >= 11 is 1.09. The molecule has 116 valence electrons. The molecule has 0 bridgehead atoms. The zero-order valence-corrected chi connectivity index (χ0v) is 14.1. The lowest BCUT2D eigenvalue weighted by Gasteiger charge is -2.12. The minimum Gasteiger partial charge on any atom is -0.466 e. The van der Waals surface area contributed by atoms with E-state index in [0.717, 1.165) is 28.2 Å². The number of aliphatic hydroxyl groups excluding tert-OH is 1. The zero-order valence-electron chi connectivity index (χ0n) is 12.4. The highest BCUT2D eigenvalue weighted by molar-refractivity contribution is 7.91. The van der Waals surface area contributed by atoms with Crippen LogP contribution in [0.25, 0.3) is 0 Å². The Morgan fingerprint density at radius 1 is 1.33 bits per heavy atom. The summed E-state index contributed by atoms with van der Waals surface area (Å²) in [6.07, 6.45) is 0. The second kappa shape index (κ2) is 5.92. The molecule has 7 heteroatoms. The Balaban J connectivity index is 2.26. The van der Waals surface area contributed by atoms with Crippen molar-refractivity contribution in [2.45, 2.75) is 44.6 Å². The molecule has 0 saturated heterocycles. The fourth-order valence-electron chi connectivity index (χ4n) is 2.21. The lowest BCUT2D eigenvalue weighted by Crippen LogP contribution is -2.26. The first-order valence-corrected chi connectivity index (χ1v) is 8.84. The van der Waals surface area contributed by atoms with E-state index in [9.17, 15) is 13.5 Å². The Morgan fingerprint density at radius 3 is 2.48 bits per heavy atom. The normalized spacial score (nSPS) is 13.6. The van der Waals surface area contributed by atoms with Gasteiger partial charge in [-0.3, -0.25) is 0 Å². The molecule has 0 aliphatic heterocycles. The van der Waals surface area contributed by atoms with Crippen LogP contribution in [0.15, 0.2) is 20.8 Å². The summed E-state index contributed by atoms with van der Waals surface area (Å²) in [6.45, 7) is 7.05. The smallest absolute Gasteiger partial charge is 0.250 e. The van der Waals surface area contributed by atoms with Crippen LogP contribution in [-0.4, -0.2) is 13.5 Å². The molecule has 0 radical (unpaired) electrons. The van der Waals surface area contributed by atoms with E-state index in [2.05, 4.69) is 4.72 Å². The van der Waals surface area contributed by atoms with Gasteiger partial charge in [0.2, 0.25) is 0 Å². The van der Waals surface area contributed by atoms with Crippen LogP contribution in [0.2, 0.25) is 0 Å². The predicted molar refractivity (Wildman–Crippen MR) is 81.9 cm³/mol. The van der Waals surface area contributed by atoms with Crippen molar-refractivity contribution in [1.82, 2.24) is 4.72 Å². The van der Waals surface area contributed by atoms with Crippen molar-refractivity contribution in [2.75, 3.05) is 0 Å². The van der Waals surface area contributed by atoms with Gasteiger partial charge in [0.1, 0.15) is 15.7 Å². The molecule has 21 heavy (non-hydrogen) atoms. The zero-order chi connectivity index (χ0) is 15.8. The fourth-order valence-corrected chi connectivity index (χ4v) is 4.90. The monoisotopic (exact) mass is 329 g/mol.